The highest BCUT2D eigenvalue weighted by Crippen LogP contribution is 2.27. The molecule has 0 unspecified atom stereocenters. The van der Waals surface area contributed by atoms with E-state index < -0.39 is 9.84 Å². The monoisotopic (exact) mass is 367 g/mol. The third kappa shape index (κ3) is 2.66. The van der Waals surface area contributed by atoms with Crippen LogP contribution in [0.25, 0.3) is 16.9 Å². The van der Waals surface area contributed by atoms with Gasteiger partial charge in [0, 0.05) is 18.0 Å². The molecule has 4 aromatic rings. The van der Waals surface area contributed by atoms with Gasteiger partial charge >= 0.3 is 0 Å². The van der Waals surface area contributed by atoms with Crippen molar-refractivity contribution < 1.29 is 12.8 Å². The number of halogens is 1. The summed E-state index contributed by atoms with van der Waals surface area (Å²) in [5.74, 6) is -0.355. The maximum Gasteiger partial charge on any atom is 0.223 e. The van der Waals surface area contributed by atoms with Gasteiger partial charge < -0.3 is 0 Å². The minimum atomic E-state index is -3.76. The molecule has 0 aliphatic heterocycles. The van der Waals surface area contributed by atoms with Gasteiger partial charge in [-0.1, -0.05) is 17.7 Å². The molecule has 0 amide bonds. The number of fused-ring (bicyclic) bond motifs is 1. The van der Waals surface area contributed by atoms with E-state index in [1.54, 1.807) is 42.6 Å². The van der Waals surface area contributed by atoms with Crippen molar-refractivity contribution in [3.8, 4) is 11.3 Å². The minimum Gasteiger partial charge on any atom is -0.287 e. The van der Waals surface area contributed by atoms with Crippen LogP contribution in [0.4, 0.5) is 4.39 Å². The SMILES string of the molecule is Cc1ccc(S(=O)(=O)c2cnc(-c3ccc(F)cc3)c3nccn23)cc1. The smallest absolute Gasteiger partial charge is 0.223 e. The molecule has 0 saturated carbocycles. The van der Waals surface area contributed by atoms with Gasteiger partial charge in [-0.2, -0.15) is 0 Å². The molecular weight excluding hydrogens is 353 g/mol. The van der Waals surface area contributed by atoms with Crippen molar-refractivity contribution in [1.82, 2.24) is 14.4 Å². The van der Waals surface area contributed by atoms with Crippen LogP contribution in [-0.4, -0.2) is 22.8 Å². The van der Waals surface area contributed by atoms with Crippen molar-refractivity contribution in [2.45, 2.75) is 16.8 Å². The van der Waals surface area contributed by atoms with E-state index in [9.17, 15) is 12.8 Å². The maximum atomic E-state index is 13.2. The van der Waals surface area contributed by atoms with E-state index >= 15 is 0 Å². The summed E-state index contributed by atoms with van der Waals surface area (Å²) >= 11 is 0. The summed E-state index contributed by atoms with van der Waals surface area (Å²) in [6.07, 6.45) is 4.39. The number of benzene rings is 2. The second-order valence-electron chi connectivity index (χ2n) is 5.89. The first-order valence-electron chi connectivity index (χ1n) is 7.86. The number of rotatable bonds is 3. The Kier molecular flexibility index (Phi) is 3.81. The van der Waals surface area contributed by atoms with Gasteiger partial charge in [0.2, 0.25) is 9.84 Å². The molecule has 2 heterocycles. The van der Waals surface area contributed by atoms with Crippen molar-refractivity contribution in [2.75, 3.05) is 0 Å². The third-order valence-corrected chi connectivity index (χ3v) is 5.86. The lowest BCUT2D eigenvalue weighted by molar-refractivity contribution is 0.590. The average Bonchev–Trinajstić information content (AvgIpc) is 3.11. The molecule has 2 aromatic carbocycles. The molecule has 0 saturated heterocycles. The highest BCUT2D eigenvalue weighted by molar-refractivity contribution is 7.91. The van der Waals surface area contributed by atoms with E-state index in [1.165, 1.54) is 28.9 Å². The van der Waals surface area contributed by atoms with Crippen molar-refractivity contribution in [3.05, 3.63) is 78.5 Å². The van der Waals surface area contributed by atoms with Gasteiger partial charge in [-0.05, 0) is 43.3 Å². The molecule has 0 radical (unpaired) electrons. The molecule has 0 spiro atoms. The van der Waals surface area contributed by atoms with Crippen molar-refractivity contribution in [3.63, 3.8) is 0 Å². The Morgan fingerprint density at radius 1 is 0.962 bits per heavy atom. The van der Waals surface area contributed by atoms with Crippen molar-refractivity contribution >= 4 is 15.5 Å². The number of hydrogen-bond donors (Lipinski definition) is 0. The highest BCUT2D eigenvalue weighted by Gasteiger charge is 2.23. The van der Waals surface area contributed by atoms with Crippen LogP contribution in [0, 0.1) is 12.7 Å². The topological polar surface area (TPSA) is 64.3 Å². The maximum absolute atomic E-state index is 13.2. The fraction of sp³-hybridized carbons (Fsp3) is 0.0526. The minimum absolute atomic E-state index is 0.0275. The van der Waals surface area contributed by atoms with E-state index in [0.29, 0.717) is 16.9 Å². The zero-order valence-electron chi connectivity index (χ0n) is 13.8. The summed E-state index contributed by atoms with van der Waals surface area (Å²) in [6, 6.07) is 12.5. The van der Waals surface area contributed by atoms with Crippen LogP contribution in [0.2, 0.25) is 0 Å². The number of imidazole rings is 1. The molecule has 2 aromatic heterocycles. The van der Waals surface area contributed by atoms with Crippen LogP contribution >= 0.6 is 0 Å². The lowest BCUT2D eigenvalue weighted by atomic mass is 10.1. The van der Waals surface area contributed by atoms with Gasteiger partial charge in [-0.15, -0.1) is 0 Å². The van der Waals surface area contributed by atoms with E-state index in [-0.39, 0.29) is 15.7 Å². The third-order valence-electron chi connectivity index (χ3n) is 4.12. The molecule has 4 rings (SSSR count). The first kappa shape index (κ1) is 16.4. The van der Waals surface area contributed by atoms with E-state index in [1.807, 2.05) is 6.92 Å². The van der Waals surface area contributed by atoms with Gasteiger partial charge in [0.05, 0.1) is 11.1 Å². The Morgan fingerprint density at radius 3 is 2.35 bits per heavy atom. The van der Waals surface area contributed by atoms with Gasteiger partial charge in [0.15, 0.2) is 10.7 Å². The molecule has 0 bridgehead atoms. The summed E-state index contributed by atoms with van der Waals surface area (Å²) in [6.45, 7) is 1.89. The van der Waals surface area contributed by atoms with Gasteiger partial charge in [0.25, 0.3) is 0 Å². The predicted molar refractivity (Wildman–Crippen MR) is 95.0 cm³/mol. The summed E-state index contributed by atoms with van der Waals surface area (Å²) in [7, 11) is -3.76. The number of sulfone groups is 1. The van der Waals surface area contributed by atoms with Crippen LogP contribution in [0.1, 0.15) is 5.56 Å². The predicted octanol–water partition coefficient (Wildman–Crippen LogP) is 3.68. The van der Waals surface area contributed by atoms with Crippen LogP contribution in [0.15, 0.2) is 77.0 Å². The fourth-order valence-electron chi connectivity index (χ4n) is 2.74. The van der Waals surface area contributed by atoms with Gasteiger partial charge in [-0.25, -0.2) is 22.8 Å². The van der Waals surface area contributed by atoms with Crippen LogP contribution in [0.5, 0.6) is 0 Å². The molecule has 0 fully saturated rings. The zero-order valence-corrected chi connectivity index (χ0v) is 14.6. The Balaban J connectivity index is 1.91. The van der Waals surface area contributed by atoms with Crippen molar-refractivity contribution in [2.24, 2.45) is 0 Å². The largest absolute Gasteiger partial charge is 0.287 e. The second-order valence-corrected chi connectivity index (χ2v) is 7.79. The van der Waals surface area contributed by atoms with Crippen LogP contribution in [0.3, 0.4) is 0 Å². The summed E-state index contributed by atoms with van der Waals surface area (Å²) in [4.78, 5) is 8.73. The molecule has 26 heavy (non-hydrogen) atoms. The summed E-state index contributed by atoms with van der Waals surface area (Å²) < 4.78 is 40.7. The first-order valence-corrected chi connectivity index (χ1v) is 9.35. The zero-order chi connectivity index (χ0) is 18.3. The molecule has 0 atom stereocenters. The molecule has 5 nitrogen and oxygen atoms in total. The second kappa shape index (κ2) is 6.03. The number of aryl methyl sites for hydroxylation is 1. The molecule has 130 valence electrons. The Hall–Kier alpha value is -3.06. The first-order chi connectivity index (χ1) is 12.5. The summed E-state index contributed by atoms with van der Waals surface area (Å²) in [5, 5.41) is 0.0275. The average molecular weight is 367 g/mol. The lowest BCUT2D eigenvalue weighted by Crippen LogP contribution is -2.09. The van der Waals surface area contributed by atoms with E-state index in [4.69, 9.17) is 0 Å². The Morgan fingerprint density at radius 2 is 1.65 bits per heavy atom. The Labute approximate surface area is 149 Å². The number of aromatic nitrogens is 3. The highest BCUT2D eigenvalue weighted by atomic mass is 32.2. The normalized spacial score (nSPS) is 11.8. The quantitative estimate of drug-likeness (QED) is 0.554. The Bertz CT molecular complexity index is 1200. The van der Waals surface area contributed by atoms with Gasteiger partial charge in [0.1, 0.15) is 11.5 Å². The number of nitrogens with zero attached hydrogens (tertiary/aromatic N) is 3. The standard InChI is InChI=1S/C19H14FN3O2S/c1-13-2-8-16(9-3-13)26(24,25)17-12-22-18(19-21-10-11-23(17)19)14-4-6-15(20)7-5-14/h2-12H,1H3. The fourth-order valence-corrected chi connectivity index (χ4v) is 4.08. The molecule has 0 aliphatic rings. The number of hydrogen-bond acceptors (Lipinski definition) is 4. The summed E-state index contributed by atoms with van der Waals surface area (Å²) in [5.41, 5.74) is 2.51. The molecule has 7 heteroatoms. The lowest BCUT2D eigenvalue weighted by Gasteiger charge is -2.10. The van der Waals surface area contributed by atoms with Crippen LogP contribution in [-0.2, 0) is 9.84 Å². The van der Waals surface area contributed by atoms with E-state index in [2.05, 4.69) is 9.97 Å². The van der Waals surface area contributed by atoms with E-state index in [0.717, 1.165) is 5.56 Å². The molecular formula is C19H14FN3O2S. The molecule has 0 N–H and O–H groups in total. The van der Waals surface area contributed by atoms with Crippen LogP contribution < -0.4 is 0 Å². The molecule has 0 aliphatic carbocycles. The van der Waals surface area contributed by atoms with Gasteiger partial charge in [-0.3, -0.25) is 4.40 Å². The van der Waals surface area contributed by atoms with Crippen molar-refractivity contribution in [1.29, 1.82) is 0 Å².